The van der Waals surface area contributed by atoms with Crippen molar-refractivity contribution in [3.63, 3.8) is 0 Å². The SMILES string of the molecule is CCNC(=O)NCCCCCn1c(-c2ccc(N3CCOCC3)cc2)csc1=Nc1ccc(F)cc1. The number of halogens is 1. The van der Waals surface area contributed by atoms with E-state index in [0.29, 0.717) is 13.1 Å². The third-order valence-corrected chi connectivity index (χ3v) is 6.93. The van der Waals surface area contributed by atoms with Gasteiger partial charge in [-0.05, 0) is 68.1 Å². The van der Waals surface area contributed by atoms with Crippen molar-refractivity contribution >= 4 is 28.7 Å². The number of carbonyl (C=O) groups excluding carboxylic acids is 1. The van der Waals surface area contributed by atoms with Gasteiger partial charge in [-0.3, -0.25) is 0 Å². The summed E-state index contributed by atoms with van der Waals surface area (Å²) in [6.07, 6.45) is 2.86. The highest BCUT2D eigenvalue weighted by atomic mass is 32.1. The lowest BCUT2D eigenvalue weighted by Gasteiger charge is -2.28. The van der Waals surface area contributed by atoms with Crippen LogP contribution in [0.2, 0.25) is 0 Å². The monoisotopic (exact) mass is 511 g/mol. The Kier molecular flexibility index (Phi) is 9.52. The summed E-state index contributed by atoms with van der Waals surface area (Å²) >= 11 is 1.59. The fourth-order valence-electron chi connectivity index (χ4n) is 4.15. The van der Waals surface area contributed by atoms with E-state index in [1.54, 1.807) is 23.5 Å². The number of carbonyl (C=O) groups is 1. The summed E-state index contributed by atoms with van der Waals surface area (Å²) in [5.41, 5.74) is 4.20. The topological polar surface area (TPSA) is 70.9 Å². The summed E-state index contributed by atoms with van der Waals surface area (Å²) in [6.45, 7) is 7.34. The lowest BCUT2D eigenvalue weighted by Crippen LogP contribution is -2.36. The van der Waals surface area contributed by atoms with Crippen molar-refractivity contribution in [1.82, 2.24) is 15.2 Å². The lowest BCUT2D eigenvalue weighted by molar-refractivity contribution is 0.122. The number of hydrogen-bond donors (Lipinski definition) is 2. The molecule has 36 heavy (non-hydrogen) atoms. The molecule has 0 radical (unpaired) electrons. The fourth-order valence-corrected chi connectivity index (χ4v) is 5.11. The summed E-state index contributed by atoms with van der Waals surface area (Å²) in [5.74, 6) is -0.268. The minimum atomic E-state index is -0.268. The van der Waals surface area contributed by atoms with Gasteiger partial charge >= 0.3 is 6.03 Å². The Bertz CT molecular complexity index is 1170. The number of anilines is 1. The van der Waals surface area contributed by atoms with Crippen LogP contribution in [0.25, 0.3) is 11.3 Å². The van der Waals surface area contributed by atoms with Crippen LogP contribution < -0.4 is 20.3 Å². The van der Waals surface area contributed by atoms with Crippen LogP contribution in [0.3, 0.4) is 0 Å². The van der Waals surface area contributed by atoms with Gasteiger partial charge in [0, 0.05) is 43.8 Å². The number of thiazole rings is 1. The summed E-state index contributed by atoms with van der Waals surface area (Å²) in [4.78, 5) is 19.6. The summed E-state index contributed by atoms with van der Waals surface area (Å²) in [5, 5.41) is 7.77. The number of unbranched alkanes of at least 4 members (excludes halogenated alkanes) is 2. The summed E-state index contributed by atoms with van der Waals surface area (Å²) in [7, 11) is 0. The molecular weight excluding hydrogens is 477 g/mol. The van der Waals surface area contributed by atoms with Crippen LogP contribution in [0.4, 0.5) is 20.6 Å². The van der Waals surface area contributed by atoms with E-state index in [0.717, 1.165) is 73.9 Å². The standard InChI is InChI=1S/C27H34FN5O2S/c1-2-29-26(34)30-14-4-3-5-15-33-25(20-36-27(33)31-23-10-8-22(28)9-11-23)21-6-12-24(13-7-21)32-16-18-35-19-17-32/h6-13,20H,2-5,14-19H2,1H3,(H2,29,30,34). The average molecular weight is 512 g/mol. The minimum absolute atomic E-state index is 0.118. The number of urea groups is 1. The molecule has 2 heterocycles. The van der Waals surface area contributed by atoms with E-state index >= 15 is 0 Å². The van der Waals surface area contributed by atoms with Crippen molar-refractivity contribution < 1.29 is 13.9 Å². The Hall–Kier alpha value is -3.17. The van der Waals surface area contributed by atoms with Crippen molar-refractivity contribution in [1.29, 1.82) is 0 Å². The number of rotatable bonds is 10. The van der Waals surface area contributed by atoms with Crippen LogP contribution in [0, 0.1) is 5.82 Å². The molecule has 0 spiro atoms. The maximum Gasteiger partial charge on any atom is 0.314 e. The Morgan fingerprint density at radius 3 is 2.50 bits per heavy atom. The number of nitrogens with one attached hydrogen (secondary N) is 2. The number of morpholine rings is 1. The van der Waals surface area contributed by atoms with Crippen LogP contribution in [-0.4, -0.2) is 50.0 Å². The predicted octanol–water partition coefficient (Wildman–Crippen LogP) is 4.91. The molecule has 192 valence electrons. The molecule has 1 aliphatic rings. The Morgan fingerprint density at radius 2 is 1.78 bits per heavy atom. The highest BCUT2D eigenvalue weighted by Gasteiger charge is 2.13. The second kappa shape index (κ2) is 13.2. The molecule has 1 aromatic heterocycles. The van der Waals surface area contributed by atoms with Gasteiger partial charge in [0.1, 0.15) is 5.82 Å². The van der Waals surface area contributed by atoms with Crippen LogP contribution in [0.5, 0.6) is 0 Å². The van der Waals surface area contributed by atoms with E-state index in [-0.39, 0.29) is 11.8 Å². The first-order valence-corrected chi connectivity index (χ1v) is 13.5. The first-order chi connectivity index (χ1) is 17.6. The molecule has 1 saturated heterocycles. The van der Waals surface area contributed by atoms with Crippen LogP contribution in [0.1, 0.15) is 26.2 Å². The molecule has 2 amide bonds. The van der Waals surface area contributed by atoms with E-state index in [1.807, 2.05) is 6.92 Å². The second-order valence-electron chi connectivity index (χ2n) is 8.64. The van der Waals surface area contributed by atoms with Crippen molar-refractivity contribution in [2.75, 3.05) is 44.3 Å². The van der Waals surface area contributed by atoms with Gasteiger partial charge in [-0.1, -0.05) is 12.1 Å². The molecule has 0 bridgehead atoms. The van der Waals surface area contributed by atoms with E-state index in [9.17, 15) is 9.18 Å². The number of benzene rings is 2. The van der Waals surface area contributed by atoms with E-state index < -0.39 is 0 Å². The lowest BCUT2D eigenvalue weighted by atomic mass is 10.1. The van der Waals surface area contributed by atoms with Gasteiger partial charge in [0.25, 0.3) is 0 Å². The largest absolute Gasteiger partial charge is 0.378 e. The molecule has 1 aliphatic heterocycles. The van der Waals surface area contributed by atoms with Gasteiger partial charge in [-0.2, -0.15) is 0 Å². The zero-order valence-electron chi connectivity index (χ0n) is 20.7. The average Bonchev–Trinajstić information content (AvgIpc) is 3.30. The van der Waals surface area contributed by atoms with E-state index in [4.69, 9.17) is 9.73 Å². The number of amides is 2. The Labute approximate surface area is 215 Å². The molecule has 3 aromatic rings. The van der Waals surface area contributed by atoms with E-state index in [2.05, 4.69) is 49.7 Å². The van der Waals surface area contributed by atoms with Crippen molar-refractivity contribution in [3.8, 4) is 11.3 Å². The smallest absolute Gasteiger partial charge is 0.314 e. The summed E-state index contributed by atoms with van der Waals surface area (Å²) < 4.78 is 21.1. The van der Waals surface area contributed by atoms with Crippen LogP contribution >= 0.6 is 11.3 Å². The van der Waals surface area contributed by atoms with E-state index in [1.165, 1.54) is 17.8 Å². The minimum Gasteiger partial charge on any atom is -0.378 e. The summed E-state index contributed by atoms with van der Waals surface area (Å²) in [6, 6.07) is 14.8. The quantitative estimate of drug-likeness (QED) is 0.380. The van der Waals surface area contributed by atoms with Gasteiger partial charge < -0.3 is 24.8 Å². The Morgan fingerprint density at radius 1 is 1.03 bits per heavy atom. The van der Waals surface area contributed by atoms with Crippen molar-refractivity contribution in [2.45, 2.75) is 32.7 Å². The number of aromatic nitrogens is 1. The van der Waals surface area contributed by atoms with Crippen molar-refractivity contribution in [2.24, 2.45) is 4.99 Å². The second-order valence-corrected chi connectivity index (χ2v) is 9.47. The molecule has 4 rings (SSSR count). The number of hydrogen-bond acceptors (Lipinski definition) is 5. The Balaban J connectivity index is 1.49. The predicted molar refractivity (Wildman–Crippen MR) is 143 cm³/mol. The van der Waals surface area contributed by atoms with Crippen LogP contribution in [0.15, 0.2) is 58.9 Å². The molecular formula is C27H34FN5O2S. The zero-order valence-corrected chi connectivity index (χ0v) is 21.5. The van der Waals surface area contributed by atoms with Crippen LogP contribution in [-0.2, 0) is 11.3 Å². The number of nitrogens with zero attached hydrogens (tertiary/aromatic N) is 3. The first-order valence-electron chi connectivity index (χ1n) is 12.6. The molecule has 2 N–H and O–H groups in total. The van der Waals surface area contributed by atoms with Crippen molar-refractivity contribution in [3.05, 3.63) is 64.5 Å². The third-order valence-electron chi connectivity index (χ3n) is 6.07. The molecule has 1 fully saturated rings. The molecule has 9 heteroatoms. The first kappa shape index (κ1) is 25.9. The zero-order chi connectivity index (χ0) is 25.2. The normalized spacial score (nSPS) is 14.2. The molecule has 2 aromatic carbocycles. The van der Waals surface area contributed by atoms with Gasteiger partial charge in [-0.15, -0.1) is 11.3 Å². The van der Waals surface area contributed by atoms with Gasteiger partial charge in [0.15, 0.2) is 4.80 Å². The molecule has 0 aliphatic carbocycles. The highest BCUT2D eigenvalue weighted by Crippen LogP contribution is 2.25. The maximum atomic E-state index is 13.4. The molecule has 7 nitrogen and oxygen atoms in total. The van der Waals surface area contributed by atoms with Gasteiger partial charge in [0.2, 0.25) is 0 Å². The maximum absolute atomic E-state index is 13.4. The fraction of sp³-hybridized carbons (Fsp3) is 0.407. The molecule has 0 unspecified atom stereocenters. The molecule has 0 atom stereocenters. The highest BCUT2D eigenvalue weighted by molar-refractivity contribution is 7.07. The van der Waals surface area contributed by atoms with Gasteiger partial charge in [-0.25, -0.2) is 14.2 Å². The number of ether oxygens (including phenoxy) is 1. The third kappa shape index (κ3) is 7.18. The molecule has 0 saturated carbocycles. The van der Waals surface area contributed by atoms with Gasteiger partial charge in [0.05, 0.1) is 24.6 Å².